The van der Waals surface area contributed by atoms with Crippen molar-refractivity contribution < 1.29 is 18.7 Å². The Kier molecular flexibility index (Phi) is 3.05. The molecule has 0 fully saturated rings. The van der Waals surface area contributed by atoms with Gasteiger partial charge in [0.25, 0.3) is 6.43 Å². The van der Waals surface area contributed by atoms with Crippen molar-refractivity contribution in [2.75, 3.05) is 0 Å². The highest BCUT2D eigenvalue weighted by Gasteiger charge is 2.25. The van der Waals surface area contributed by atoms with Gasteiger partial charge >= 0.3 is 5.97 Å². The van der Waals surface area contributed by atoms with E-state index >= 15 is 0 Å². The molecule has 0 aliphatic rings. The first-order chi connectivity index (χ1) is 6.45. The summed E-state index contributed by atoms with van der Waals surface area (Å²) in [5.41, 5.74) is -0.568. The van der Waals surface area contributed by atoms with Crippen LogP contribution in [0.4, 0.5) is 8.78 Å². The molecule has 1 N–H and O–H groups in total. The smallest absolute Gasteiger partial charge is 0.328 e. The number of halogens is 3. The Morgan fingerprint density at radius 2 is 2.29 bits per heavy atom. The number of carboxylic acid groups (broad SMARTS) is 1. The van der Waals surface area contributed by atoms with E-state index in [4.69, 9.17) is 16.7 Å². The van der Waals surface area contributed by atoms with Crippen LogP contribution >= 0.6 is 11.6 Å². The average Bonchev–Trinajstić information content (AvgIpc) is 2.45. The number of aromatic nitrogens is 2. The molecule has 0 saturated carbocycles. The minimum absolute atomic E-state index is 0.229. The molecule has 0 aromatic carbocycles. The summed E-state index contributed by atoms with van der Waals surface area (Å²) >= 11 is 5.43. The lowest BCUT2D eigenvalue weighted by Gasteiger charge is -2.10. The van der Waals surface area contributed by atoms with Gasteiger partial charge in [-0.1, -0.05) is 11.6 Å². The van der Waals surface area contributed by atoms with Gasteiger partial charge in [-0.25, -0.2) is 18.3 Å². The minimum atomic E-state index is -2.84. The van der Waals surface area contributed by atoms with Crippen LogP contribution in [0.15, 0.2) is 6.20 Å². The van der Waals surface area contributed by atoms with E-state index in [1.54, 1.807) is 0 Å². The molecule has 1 aromatic heterocycles. The van der Waals surface area contributed by atoms with Crippen molar-refractivity contribution >= 4 is 17.6 Å². The number of carbonyl (C=O) groups is 1. The van der Waals surface area contributed by atoms with Crippen molar-refractivity contribution in [3.63, 3.8) is 0 Å². The van der Waals surface area contributed by atoms with E-state index in [1.165, 1.54) is 6.92 Å². The van der Waals surface area contributed by atoms with Crippen molar-refractivity contribution in [3.05, 3.63) is 16.9 Å². The van der Waals surface area contributed by atoms with Crippen LogP contribution in [0.25, 0.3) is 0 Å². The maximum Gasteiger partial charge on any atom is 0.328 e. The topological polar surface area (TPSA) is 55.1 Å². The average molecular weight is 225 g/mol. The van der Waals surface area contributed by atoms with Crippen molar-refractivity contribution in [1.82, 2.24) is 9.78 Å². The third kappa shape index (κ3) is 1.84. The zero-order valence-corrected chi connectivity index (χ0v) is 7.87. The van der Waals surface area contributed by atoms with Gasteiger partial charge in [-0.05, 0) is 6.92 Å². The first-order valence-corrected chi connectivity index (χ1v) is 4.06. The Morgan fingerprint density at radius 1 is 1.71 bits per heavy atom. The highest BCUT2D eigenvalue weighted by atomic mass is 35.5. The molecule has 1 aromatic rings. The second-order valence-corrected chi connectivity index (χ2v) is 3.04. The highest BCUT2D eigenvalue weighted by molar-refractivity contribution is 6.31. The summed E-state index contributed by atoms with van der Waals surface area (Å²) in [7, 11) is 0. The fraction of sp³-hybridized carbons (Fsp3) is 0.429. The first kappa shape index (κ1) is 10.9. The molecule has 1 heterocycles. The Labute approximate surface area is 83.1 Å². The first-order valence-electron chi connectivity index (χ1n) is 3.69. The van der Waals surface area contributed by atoms with Crippen LogP contribution in [0.2, 0.25) is 5.02 Å². The third-order valence-electron chi connectivity index (χ3n) is 1.72. The van der Waals surface area contributed by atoms with Crippen molar-refractivity contribution in [1.29, 1.82) is 0 Å². The zero-order valence-electron chi connectivity index (χ0n) is 7.12. The van der Waals surface area contributed by atoms with E-state index in [9.17, 15) is 13.6 Å². The summed E-state index contributed by atoms with van der Waals surface area (Å²) in [6, 6.07) is -1.16. The van der Waals surface area contributed by atoms with Gasteiger partial charge in [0, 0.05) is 0 Å². The second kappa shape index (κ2) is 3.91. The van der Waals surface area contributed by atoms with E-state index in [2.05, 4.69) is 5.10 Å². The van der Waals surface area contributed by atoms with Gasteiger partial charge in [0.05, 0.1) is 11.2 Å². The molecule has 0 saturated heterocycles. The van der Waals surface area contributed by atoms with E-state index in [-0.39, 0.29) is 5.02 Å². The van der Waals surface area contributed by atoms with Crippen LogP contribution < -0.4 is 0 Å². The molecule has 7 heteroatoms. The summed E-state index contributed by atoms with van der Waals surface area (Å²) in [5.74, 6) is -1.24. The molecule has 0 amide bonds. The third-order valence-corrected chi connectivity index (χ3v) is 2.01. The fourth-order valence-electron chi connectivity index (χ4n) is 0.968. The SMILES string of the molecule is CC(C(=O)O)n1ncc(Cl)c1C(F)F. The zero-order chi connectivity index (χ0) is 10.9. The number of hydrogen-bond acceptors (Lipinski definition) is 2. The van der Waals surface area contributed by atoms with Crippen LogP contribution in [0.5, 0.6) is 0 Å². The van der Waals surface area contributed by atoms with Gasteiger partial charge in [0.15, 0.2) is 0 Å². The molecule has 78 valence electrons. The maximum absolute atomic E-state index is 12.4. The molecule has 14 heavy (non-hydrogen) atoms. The molecular weight excluding hydrogens is 218 g/mol. The van der Waals surface area contributed by atoms with Gasteiger partial charge in [0.1, 0.15) is 11.7 Å². The number of carboxylic acids is 1. The number of rotatable bonds is 3. The van der Waals surface area contributed by atoms with Crippen LogP contribution in [0.3, 0.4) is 0 Å². The summed E-state index contributed by atoms with van der Waals surface area (Å²) in [4.78, 5) is 10.5. The standard InChI is InChI=1S/C7H7ClF2N2O2/c1-3(7(13)14)12-5(6(9)10)4(8)2-11-12/h2-3,6H,1H3,(H,13,14). The number of nitrogens with zero attached hydrogens (tertiary/aromatic N) is 2. The van der Waals surface area contributed by atoms with Crippen LogP contribution in [0, 0.1) is 0 Å². The molecule has 1 atom stereocenters. The lowest BCUT2D eigenvalue weighted by Crippen LogP contribution is -2.19. The normalized spacial score (nSPS) is 13.2. The summed E-state index contributed by atoms with van der Waals surface area (Å²) < 4.78 is 25.5. The minimum Gasteiger partial charge on any atom is -0.480 e. The molecule has 0 spiro atoms. The maximum atomic E-state index is 12.4. The van der Waals surface area contributed by atoms with Crippen LogP contribution in [0.1, 0.15) is 25.1 Å². The molecule has 0 radical (unpaired) electrons. The molecular formula is C7H7ClF2N2O2. The van der Waals surface area contributed by atoms with Crippen molar-refractivity contribution in [2.24, 2.45) is 0 Å². The van der Waals surface area contributed by atoms with Crippen LogP contribution in [-0.2, 0) is 4.79 Å². The van der Waals surface area contributed by atoms with Gasteiger partial charge < -0.3 is 5.11 Å². The van der Waals surface area contributed by atoms with E-state index in [1.807, 2.05) is 0 Å². The fourth-order valence-corrected chi connectivity index (χ4v) is 1.18. The summed E-state index contributed by atoms with van der Waals surface area (Å²) in [5, 5.41) is 11.9. The number of aliphatic carboxylic acids is 1. The number of alkyl halides is 2. The Morgan fingerprint density at radius 3 is 2.71 bits per heavy atom. The Hall–Kier alpha value is -1.17. The quantitative estimate of drug-likeness (QED) is 0.856. The van der Waals surface area contributed by atoms with E-state index < -0.39 is 24.1 Å². The molecule has 0 aliphatic heterocycles. The predicted molar refractivity (Wildman–Crippen MR) is 44.5 cm³/mol. The van der Waals surface area contributed by atoms with E-state index in [0.29, 0.717) is 4.68 Å². The molecule has 1 rings (SSSR count). The Balaban J connectivity index is 3.15. The molecule has 1 unspecified atom stereocenters. The van der Waals surface area contributed by atoms with E-state index in [0.717, 1.165) is 6.20 Å². The summed E-state index contributed by atoms with van der Waals surface area (Å²) in [6.45, 7) is 1.25. The van der Waals surface area contributed by atoms with Crippen molar-refractivity contribution in [2.45, 2.75) is 19.4 Å². The van der Waals surface area contributed by atoms with Gasteiger partial charge in [-0.2, -0.15) is 5.10 Å². The van der Waals surface area contributed by atoms with Gasteiger partial charge in [0.2, 0.25) is 0 Å². The largest absolute Gasteiger partial charge is 0.480 e. The molecule has 0 aliphatic carbocycles. The van der Waals surface area contributed by atoms with Gasteiger partial charge in [-0.15, -0.1) is 0 Å². The highest BCUT2D eigenvalue weighted by Crippen LogP contribution is 2.28. The number of hydrogen-bond donors (Lipinski definition) is 1. The lowest BCUT2D eigenvalue weighted by molar-refractivity contribution is -0.140. The van der Waals surface area contributed by atoms with Crippen molar-refractivity contribution in [3.8, 4) is 0 Å². The lowest BCUT2D eigenvalue weighted by atomic mass is 10.3. The van der Waals surface area contributed by atoms with Crippen LogP contribution in [-0.4, -0.2) is 20.9 Å². The molecule has 0 bridgehead atoms. The Bertz CT molecular complexity index is 353. The van der Waals surface area contributed by atoms with Gasteiger partial charge in [-0.3, -0.25) is 0 Å². The molecule has 4 nitrogen and oxygen atoms in total. The second-order valence-electron chi connectivity index (χ2n) is 2.64. The summed E-state index contributed by atoms with van der Waals surface area (Å²) in [6.07, 6.45) is -1.84. The predicted octanol–water partition coefficient (Wildman–Crippen LogP) is 2.12. The monoisotopic (exact) mass is 224 g/mol.